The van der Waals surface area contributed by atoms with Crippen LogP contribution in [-0.2, 0) is 0 Å². The molecule has 0 saturated carbocycles. The number of hydrogen-bond acceptors (Lipinski definition) is 5. The van der Waals surface area contributed by atoms with Gasteiger partial charge in [-0.05, 0) is 15.9 Å². The van der Waals surface area contributed by atoms with Crippen LogP contribution in [0.3, 0.4) is 0 Å². The summed E-state index contributed by atoms with van der Waals surface area (Å²) in [6, 6.07) is 0.910. The van der Waals surface area contributed by atoms with E-state index < -0.39 is 29.3 Å². The Morgan fingerprint density at radius 2 is 1.88 bits per heavy atom. The van der Waals surface area contributed by atoms with Crippen LogP contribution in [0, 0.1) is 10.1 Å². The SMILES string of the molecule is Cl.Cl.O=[N+]([O-])c1cc(Br)c(O)c([C@H](CC(F)(F)F)N2CCNCC2)c1. The summed E-state index contributed by atoms with van der Waals surface area (Å²) in [5.41, 5.74) is -0.461. The summed E-state index contributed by atoms with van der Waals surface area (Å²) in [6.45, 7) is 1.76. The summed E-state index contributed by atoms with van der Waals surface area (Å²) in [5.74, 6) is -0.400. The predicted octanol–water partition coefficient (Wildman–Crippen LogP) is 3.81. The molecular weight excluding hydrogens is 454 g/mol. The summed E-state index contributed by atoms with van der Waals surface area (Å²) in [5, 5.41) is 24.1. The fourth-order valence-corrected chi connectivity index (χ4v) is 3.08. The number of nitro benzene ring substituents is 1. The molecule has 144 valence electrons. The Balaban J connectivity index is 0.00000288. The summed E-state index contributed by atoms with van der Waals surface area (Å²) in [4.78, 5) is 11.8. The number of nitrogens with one attached hydrogen (secondary N) is 1. The molecule has 1 aromatic rings. The molecule has 25 heavy (non-hydrogen) atoms. The minimum Gasteiger partial charge on any atom is -0.506 e. The van der Waals surface area contributed by atoms with Crippen LogP contribution < -0.4 is 5.32 Å². The number of halogens is 6. The van der Waals surface area contributed by atoms with Gasteiger partial charge < -0.3 is 10.4 Å². The van der Waals surface area contributed by atoms with Crippen molar-refractivity contribution >= 4 is 46.4 Å². The number of hydrogen-bond donors (Lipinski definition) is 2. The number of phenols is 1. The molecule has 0 aromatic heterocycles. The van der Waals surface area contributed by atoms with Gasteiger partial charge in [0, 0.05) is 49.9 Å². The Morgan fingerprint density at radius 3 is 2.36 bits per heavy atom. The van der Waals surface area contributed by atoms with Crippen LogP contribution in [0.15, 0.2) is 16.6 Å². The quantitative estimate of drug-likeness (QED) is 0.516. The molecule has 2 rings (SSSR count). The van der Waals surface area contributed by atoms with Crippen molar-refractivity contribution in [3.8, 4) is 5.75 Å². The van der Waals surface area contributed by atoms with Crippen molar-refractivity contribution in [2.75, 3.05) is 26.2 Å². The number of benzene rings is 1. The lowest BCUT2D eigenvalue weighted by molar-refractivity contribution is -0.385. The van der Waals surface area contributed by atoms with Crippen molar-refractivity contribution in [1.29, 1.82) is 0 Å². The average molecular weight is 471 g/mol. The van der Waals surface area contributed by atoms with Crippen molar-refractivity contribution in [2.45, 2.75) is 18.6 Å². The van der Waals surface area contributed by atoms with Crippen LogP contribution in [0.4, 0.5) is 18.9 Å². The number of aromatic hydroxyl groups is 1. The first-order valence-corrected chi connectivity index (χ1v) is 7.66. The van der Waals surface area contributed by atoms with Gasteiger partial charge in [0.15, 0.2) is 0 Å². The molecule has 0 amide bonds. The van der Waals surface area contributed by atoms with E-state index in [9.17, 15) is 28.4 Å². The molecule has 2 N–H and O–H groups in total. The molecule has 1 heterocycles. The average Bonchev–Trinajstić information content (AvgIpc) is 2.47. The molecule has 0 spiro atoms. The highest BCUT2D eigenvalue weighted by molar-refractivity contribution is 9.10. The van der Waals surface area contributed by atoms with Crippen molar-refractivity contribution in [1.82, 2.24) is 10.2 Å². The highest BCUT2D eigenvalue weighted by atomic mass is 79.9. The first kappa shape index (κ1) is 24.2. The van der Waals surface area contributed by atoms with Gasteiger partial charge in [-0.1, -0.05) is 0 Å². The van der Waals surface area contributed by atoms with Gasteiger partial charge in [0.2, 0.25) is 0 Å². The standard InChI is InChI=1S/C13H15BrF3N3O3.2ClH/c14-10-6-8(20(22)23)5-9(12(10)21)11(7-13(15,16)17)19-3-1-18-2-4-19;;/h5-6,11,18,21H,1-4,7H2;2*1H/t11-;;/m0../s1. The Hall–Kier alpha value is -0.810. The molecule has 0 bridgehead atoms. The Kier molecular flexibility index (Phi) is 9.45. The van der Waals surface area contributed by atoms with E-state index in [0.29, 0.717) is 26.2 Å². The van der Waals surface area contributed by atoms with Crippen LogP contribution in [0.5, 0.6) is 5.75 Å². The van der Waals surface area contributed by atoms with Crippen LogP contribution in [0.1, 0.15) is 18.0 Å². The van der Waals surface area contributed by atoms with E-state index >= 15 is 0 Å². The molecule has 0 unspecified atom stereocenters. The van der Waals surface area contributed by atoms with Gasteiger partial charge in [0.25, 0.3) is 5.69 Å². The third kappa shape index (κ3) is 6.45. The number of rotatable bonds is 4. The van der Waals surface area contributed by atoms with Crippen molar-refractivity contribution in [3.63, 3.8) is 0 Å². The van der Waals surface area contributed by atoms with E-state index in [0.717, 1.165) is 12.1 Å². The molecule has 1 atom stereocenters. The molecule has 1 saturated heterocycles. The van der Waals surface area contributed by atoms with Crippen LogP contribution in [0.2, 0.25) is 0 Å². The molecular formula is C13H17BrCl2F3N3O3. The second kappa shape index (κ2) is 9.77. The van der Waals surface area contributed by atoms with Gasteiger partial charge >= 0.3 is 6.18 Å². The Bertz CT molecular complexity index is 602. The number of nitro groups is 1. The zero-order valence-electron chi connectivity index (χ0n) is 12.8. The van der Waals surface area contributed by atoms with Crippen molar-refractivity contribution < 1.29 is 23.2 Å². The van der Waals surface area contributed by atoms with Crippen LogP contribution in [0.25, 0.3) is 0 Å². The van der Waals surface area contributed by atoms with Gasteiger partial charge in [0.05, 0.1) is 15.8 Å². The van der Waals surface area contributed by atoms with Gasteiger partial charge in [-0.15, -0.1) is 24.8 Å². The van der Waals surface area contributed by atoms with Gasteiger partial charge in [-0.25, -0.2) is 0 Å². The maximum Gasteiger partial charge on any atom is 0.390 e. The summed E-state index contributed by atoms with van der Waals surface area (Å²) in [6.07, 6.45) is -5.65. The first-order chi connectivity index (χ1) is 10.7. The Morgan fingerprint density at radius 1 is 1.32 bits per heavy atom. The largest absolute Gasteiger partial charge is 0.506 e. The zero-order chi connectivity index (χ0) is 17.2. The van der Waals surface area contributed by atoms with Crippen molar-refractivity contribution in [3.05, 3.63) is 32.3 Å². The summed E-state index contributed by atoms with van der Waals surface area (Å²) in [7, 11) is 0. The summed E-state index contributed by atoms with van der Waals surface area (Å²) < 4.78 is 38.9. The van der Waals surface area contributed by atoms with Crippen LogP contribution in [-0.4, -0.2) is 47.3 Å². The molecule has 1 aliphatic rings. The van der Waals surface area contributed by atoms with Gasteiger partial charge in [-0.2, -0.15) is 13.2 Å². The van der Waals surface area contributed by atoms with E-state index in [-0.39, 0.29) is 40.5 Å². The summed E-state index contributed by atoms with van der Waals surface area (Å²) >= 11 is 2.97. The first-order valence-electron chi connectivity index (χ1n) is 6.87. The predicted molar refractivity (Wildman–Crippen MR) is 94.8 cm³/mol. The number of alkyl halides is 3. The number of phenolic OH excluding ortho intramolecular Hbond substituents is 1. The van der Waals surface area contributed by atoms with E-state index in [1.54, 1.807) is 4.90 Å². The third-order valence-corrected chi connectivity index (χ3v) is 4.27. The lowest BCUT2D eigenvalue weighted by Crippen LogP contribution is -2.46. The molecule has 12 heteroatoms. The molecule has 0 radical (unpaired) electrons. The number of non-ortho nitro benzene ring substituents is 1. The molecule has 0 aliphatic carbocycles. The lowest BCUT2D eigenvalue weighted by Gasteiger charge is -2.35. The highest BCUT2D eigenvalue weighted by Crippen LogP contribution is 2.42. The second-order valence-corrected chi connectivity index (χ2v) is 6.10. The van der Waals surface area contributed by atoms with E-state index in [4.69, 9.17) is 0 Å². The fourth-order valence-electron chi connectivity index (χ4n) is 2.61. The second-order valence-electron chi connectivity index (χ2n) is 5.24. The number of piperazine rings is 1. The normalized spacial score (nSPS) is 16.5. The monoisotopic (exact) mass is 469 g/mol. The van der Waals surface area contributed by atoms with Crippen molar-refractivity contribution in [2.24, 2.45) is 0 Å². The molecule has 1 aromatic carbocycles. The van der Waals surface area contributed by atoms with E-state index in [1.807, 2.05) is 0 Å². The zero-order valence-corrected chi connectivity index (χ0v) is 16.0. The smallest absolute Gasteiger partial charge is 0.390 e. The molecule has 6 nitrogen and oxygen atoms in total. The third-order valence-electron chi connectivity index (χ3n) is 3.66. The maximum absolute atomic E-state index is 13.0. The minimum absolute atomic E-state index is 0. The molecule has 1 aliphatic heterocycles. The van der Waals surface area contributed by atoms with Crippen LogP contribution >= 0.6 is 40.7 Å². The fraction of sp³-hybridized carbons (Fsp3) is 0.538. The molecule has 1 fully saturated rings. The topological polar surface area (TPSA) is 78.6 Å². The maximum atomic E-state index is 13.0. The van der Waals surface area contributed by atoms with Gasteiger partial charge in [-0.3, -0.25) is 15.0 Å². The highest BCUT2D eigenvalue weighted by Gasteiger charge is 2.38. The lowest BCUT2D eigenvalue weighted by atomic mass is 9.99. The van der Waals surface area contributed by atoms with E-state index in [2.05, 4.69) is 21.2 Å². The minimum atomic E-state index is -4.46. The Labute approximate surface area is 162 Å². The van der Waals surface area contributed by atoms with E-state index in [1.165, 1.54) is 0 Å². The number of nitrogens with zero attached hydrogens (tertiary/aromatic N) is 2. The van der Waals surface area contributed by atoms with Gasteiger partial charge in [0.1, 0.15) is 5.75 Å².